The number of primary sulfonamides is 2. The number of sulfonamides is 2. The number of fused-ring (bicyclic) bond motifs is 1. The molecule has 36 heavy (non-hydrogen) atoms. The lowest BCUT2D eigenvalue weighted by Gasteiger charge is -2.11. The van der Waals surface area contributed by atoms with Crippen LogP contribution in [0.1, 0.15) is 12.5 Å². The van der Waals surface area contributed by atoms with Gasteiger partial charge in [-0.3, -0.25) is 0 Å². The van der Waals surface area contributed by atoms with Crippen LogP contribution in [0.5, 0.6) is 5.88 Å². The minimum atomic E-state index is -4.26. The van der Waals surface area contributed by atoms with Gasteiger partial charge in [0.2, 0.25) is 31.9 Å². The van der Waals surface area contributed by atoms with E-state index in [0.29, 0.717) is 35.4 Å². The van der Waals surface area contributed by atoms with Crippen molar-refractivity contribution in [2.75, 3.05) is 11.9 Å². The summed E-state index contributed by atoms with van der Waals surface area (Å²) < 4.78 is 65.8. The maximum Gasteiger partial charge on any atom is 0.245 e. The predicted octanol–water partition coefficient (Wildman–Crippen LogP) is 2.14. The zero-order valence-electron chi connectivity index (χ0n) is 18.8. The highest BCUT2D eigenvalue weighted by molar-refractivity contribution is 7.89. The Bertz CT molecular complexity index is 1660. The molecule has 0 aliphatic rings. The van der Waals surface area contributed by atoms with Crippen LogP contribution in [0.4, 0.5) is 10.3 Å². The molecule has 14 heteroatoms. The number of nitrogens with two attached hydrogens (primary N) is 2. The standard InChI is InChI=1S/C22H21FN6O5S2/c1-2-34-21-20-18(10-9-17(27-20)14-5-8-16(23)19(11-14)36(25,32)33)28-22(29-21)26-12-13-3-6-15(7-4-13)35(24,30)31/h3-11H,2,12H2,1H3,(H2,24,30,31)(H2,25,32,33)(H,26,28,29). The Morgan fingerprint density at radius 3 is 2.28 bits per heavy atom. The second kappa shape index (κ2) is 9.73. The molecule has 0 atom stereocenters. The molecule has 0 saturated carbocycles. The smallest absolute Gasteiger partial charge is 0.245 e. The third-order valence-corrected chi connectivity index (χ3v) is 6.88. The fourth-order valence-electron chi connectivity index (χ4n) is 3.32. The van der Waals surface area contributed by atoms with E-state index in [1.54, 1.807) is 31.2 Å². The third-order valence-electron chi connectivity index (χ3n) is 5.03. The fraction of sp³-hybridized carbons (Fsp3) is 0.136. The van der Waals surface area contributed by atoms with Gasteiger partial charge < -0.3 is 10.1 Å². The first-order valence-corrected chi connectivity index (χ1v) is 13.5. The van der Waals surface area contributed by atoms with E-state index in [9.17, 15) is 21.2 Å². The Morgan fingerprint density at radius 1 is 0.917 bits per heavy atom. The molecular formula is C22H21FN6O5S2. The molecule has 0 spiro atoms. The van der Waals surface area contributed by atoms with E-state index in [4.69, 9.17) is 15.0 Å². The normalized spacial score (nSPS) is 12.0. The summed E-state index contributed by atoms with van der Waals surface area (Å²) >= 11 is 0. The van der Waals surface area contributed by atoms with E-state index in [-0.39, 0.29) is 16.7 Å². The van der Waals surface area contributed by atoms with Crippen molar-refractivity contribution < 1.29 is 26.0 Å². The Hall–Kier alpha value is -3.72. The second-order valence-electron chi connectivity index (χ2n) is 7.58. The van der Waals surface area contributed by atoms with Crippen molar-refractivity contribution in [2.24, 2.45) is 10.3 Å². The molecule has 4 rings (SSSR count). The molecule has 2 aromatic heterocycles. The maximum absolute atomic E-state index is 14.0. The van der Waals surface area contributed by atoms with Crippen molar-refractivity contribution in [3.8, 4) is 17.1 Å². The van der Waals surface area contributed by atoms with Gasteiger partial charge in [-0.05, 0) is 55.0 Å². The summed E-state index contributed by atoms with van der Waals surface area (Å²) in [7, 11) is -8.05. The summed E-state index contributed by atoms with van der Waals surface area (Å²) in [6, 6.07) is 12.8. The van der Waals surface area contributed by atoms with Crippen molar-refractivity contribution in [3.63, 3.8) is 0 Å². The van der Waals surface area contributed by atoms with Crippen LogP contribution in [0, 0.1) is 5.82 Å². The number of pyridine rings is 1. The molecule has 0 aliphatic carbocycles. The number of benzene rings is 2. The van der Waals surface area contributed by atoms with E-state index >= 15 is 0 Å². The van der Waals surface area contributed by atoms with Crippen molar-refractivity contribution in [2.45, 2.75) is 23.3 Å². The molecule has 0 amide bonds. The minimum Gasteiger partial charge on any atom is -0.476 e. The summed E-state index contributed by atoms with van der Waals surface area (Å²) in [4.78, 5) is 12.7. The highest BCUT2D eigenvalue weighted by atomic mass is 32.2. The van der Waals surface area contributed by atoms with Crippen molar-refractivity contribution in [1.82, 2.24) is 15.0 Å². The Kier molecular flexibility index (Phi) is 6.86. The van der Waals surface area contributed by atoms with Crippen LogP contribution in [0.15, 0.2) is 64.4 Å². The number of halogens is 1. The van der Waals surface area contributed by atoms with Gasteiger partial charge in [0.05, 0.1) is 22.7 Å². The fourth-order valence-corrected chi connectivity index (χ4v) is 4.47. The van der Waals surface area contributed by atoms with Crippen molar-refractivity contribution in [1.29, 1.82) is 0 Å². The summed E-state index contributed by atoms with van der Waals surface area (Å²) in [5, 5.41) is 13.3. The largest absolute Gasteiger partial charge is 0.476 e. The average molecular weight is 533 g/mol. The number of nitrogens with one attached hydrogen (secondary N) is 1. The van der Waals surface area contributed by atoms with Gasteiger partial charge in [0.1, 0.15) is 10.7 Å². The van der Waals surface area contributed by atoms with E-state index in [0.717, 1.165) is 17.7 Å². The third kappa shape index (κ3) is 5.57. The highest BCUT2D eigenvalue weighted by Crippen LogP contribution is 2.28. The summed E-state index contributed by atoms with van der Waals surface area (Å²) in [6.45, 7) is 2.36. The lowest BCUT2D eigenvalue weighted by Crippen LogP contribution is -2.14. The molecule has 0 fully saturated rings. The number of aromatic nitrogens is 3. The first-order valence-electron chi connectivity index (χ1n) is 10.5. The molecule has 0 aliphatic heterocycles. The lowest BCUT2D eigenvalue weighted by atomic mass is 10.1. The van der Waals surface area contributed by atoms with E-state index in [1.807, 2.05) is 0 Å². The number of nitrogens with zero attached hydrogens (tertiary/aromatic N) is 3. The van der Waals surface area contributed by atoms with Gasteiger partial charge in [-0.2, -0.15) is 4.98 Å². The number of hydrogen-bond donors (Lipinski definition) is 3. The van der Waals surface area contributed by atoms with E-state index in [1.165, 1.54) is 18.2 Å². The van der Waals surface area contributed by atoms with Crippen molar-refractivity contribution >= 4 is 37.0 Å². The Morgan fingerprint density at radius 2 is 1.64 bits per heavy atom. The second-order valence-corrected chi connectivity index (χ2v) is 10.7. The first-order chi connectivity index (χ1) is 17.0. The summed E-state index contributed by atoms with van der Waals surface area (Å²) in [5.74, 6) is -0.532. The van der Waals surface area contributed by atoms with Gasteiger partial charge in [-0.15, -0.1) is 0 Å². The van der Waals surface area contributed by atoms with Crippen LogP contribution in [0.25, 0.3) is 22.3 Å². The van der Waals surface area contributed by atoms with Crippen LogP contribution >= 0.6 is 0 Å². The average Bonchev–Trinajstić information content (AvgIpc) is 2.82. The molecule has 0 bridgehead atoms. The molecule has 4 aromatic rings. The zero-order valence-corrected chi connectivity index (χ0v) is 20.5. The highest BCUT2D eigenvalue weighted by Gasteiger charge is 2.17. The van der Waals surface area contributed by atoms with Gasteiger partial charge >= 0.3 is 0 Å². The molecule has 2 aromatic carbocycles. The molecule has 0 unspecified atom stereocenters. The Labute approximate surface area is 206 Å². The van der Waals surface area contributed by atoms with Crippen LogP contribution < -0.4 is 20.3 Å². The molecule has 0 saturated heterocycles. The van der Waals surface area contributed by atoms with Crippen LogP contribution in [0.3, 0.4) is 0 Å². The Balaban J connectivity index is 1.66. The number of hydrogen-bond acceptors (Lipinski definition) is 9. The molecule has 5 N–H and O–H groups in total. The van der Waals surface area contributed by atoms with Crippen molar-refractivity contribution in [3.05, 3.63) is 66.0 Å². The monoisotopic (exact) mass is 532 g/mol. The SMILES string of the molecule is CCOc1nc(NCc2ccc(S(N)(=O)=O)cc2)nc2ccc(-c3ccc(F)c(S(N)(=O)=O)c3)nc12. The van der Waals surface area contributed by atoms with Crippen LogP contribution in [0.2, 0.25) is 0 Å². The molecule has 0 radical (unpaired) electrons. The van der Waals surface area contributed by atoms with Crippen LogP contribution in [-0.4, -0.2) is 38.4 Å². The number of rotatable bonds is 8. The number of anilines is 1. The van der Waals surface area contributed by atoms with E-state index < -0.39 is 30.8 Å². The molecule has 2 heterocycles. The summed E-state index contributed by atoms with van der Waals surface area (Å²) in [5.41, 5.74) is 2.19. The topological polar surface area (TPSA) is 180 Å². The zero-order chi connectivity index (χ0) is 26.1. The predicted molar refractivity (Wildman–Crippen MR) is 130 cm³/mol. The molecular weight excluding hydrogens is 511 g/mol. The quantitative estimate of drug-likeness (QED) is 0.306. The van der Waals surface area contributed by atoms with Crippen LogP contribution in [-0.2, 0) is 26.6 Å². The number of ether oxygens (including phenoxy) is 1. The minimum absolute atomic E-state index is 0.00560. The van der Waals surface area contributed by atoms with Gasteiger partial charge in [0.25, 0.3) is 0 Å². The first kappa shape index (κ1) is 25.4. The van der Waals surface area contributed by atoms with Gasteiger partial charge in [0.15, 0.2) is 5.52 Å². The molecule has 188 valence electrons. The van der Waals surface area contributed by atoms with Gasteiger partial charge in [-0.25, -0.2) is 41.5 Å². The summed E-state index contributed by atoms with van der Waals surface area (Å²) in [6.07, 6.45) is 0. The van der Waals surface area contributed by atoms with Gasteiger partial charge in [-0.1, -0.05) is 12.1 Å². The maximum atomic E-state index is 14.0. The van der Waals surface area contributed by atoms with E-state index in [2.05, 4.69) is 20.3 Å². The van der Waals surface area contributed by atoms with Gasteiger partial charge in [0, 0.05) is 12.1 Å². The lowest BCUT2D eigenvalue weighted by molar-refractivity contribution is 0.330. The molecule has 11 nitrogen and oxygen atoms in total.